The maximum absolute atomic E-state index is 12.2. The lowest BCUT2D eigenvalue weighted by atomic mass is 9.80. The number of Topliss-reactive ketones (excluding diaryl/α,β-unsaturated/α-hetero) is 2. The van der Waals surface area contributed by atoms with Gasteiger partial charge in [-0.15, -0.1) is 0 Å². The minimum absolute atomic E-state index is 0.0500. The summed E-state index contributed by atoms with van der Waals surface area (Å²) < 4.78 is 0. The number of primary amides is 2. The van der Waals surface area contributed by atoms with Gasteiger partial charge in [-0.1, -0.05) is 27.7 Å². The van der Waals surface area contributed by atoms with E-state index in [1.807, 2.05) is 27.7 Å². The van der Waals surface area contributed by atoms with E-state index in [9.17, 15) is 19.2 Å². The van der Waals surface area contributed by atoms with Crippen molar-refractivity contribution in [2.45, 2.75) is 85.5 Å². The van der Waals surface area contributed by atoms with Gasteiger partial charge in [-0.25, -0.2) is 0 Å². The van der Waals surface area contributed by atoms with Gasteiger partial charge in [0.15, 0.2) is 0 Å². The number of carbonyl (C=O) groups excluding carboxylic acids is 4. The van der Waals surface area contributed by atoms with Crippen molar-refractivity contribution in [3.8, 4) is 0 Å². The predicted octanol–water partition coefficient (Wildman–Crippen LogP) is 3.54. The van der Waals surface area contributed by atoms with Gasteiger partial charge in [0.25, 0.3) is 0 Å². The molecule has 0 unspecified atom stereocenters. The molecule has 0 fully saturated rings. The monoisotopic (exact) mass is 438 g/mol. The molecule has 0 bridgehead atoms. The molecule has 0 aliphatic heterocycles. The second-order valence-corrected chi connectivity index (χ2v) is 9.65. The Morgan fingerprint density at radius 2 is 1.00 bits per heavy atom. The molecule has 176 valence electrons. The van der Waals surface area contributed by atoms with Crippen molar-refractivity contribution in [2.75, 3.05) is 0 Å². The van der Waals surface area contributed by atoms with E-state index in [1.165, 1.54) is 0 Å². The van der Waals surface area contributed by atoms with Crippen LogP contribution < -0.4 is 11.5 Å². The molecular formula is C23H38N2O6. The van der Waals surface area contributed by atoms with Crippen LogP contribution >= 0.6 is 0 Å². The van der Waals surface area contributed by atoms with Crippen molar-refractivity contribution in [3.63, 3.8) is 0 Å². The van der Waals surface area contributed by atoms with E-state index in [4.69, 9.17) is 21.7 Å². The molecule has 0 aliphatic rings. The zero-order chi connectivity index (χ0) is 24.2. The lowest BCUT2D eigenvalue weighted by molar-refractivity contribution is -0.121. The molecule has 0 saturated carbocycles. The van der Waals surface area contributed by atoms with Crippen molar-refractivity contribution in [3.05, 3.63) is 23.7 Å². The Bertz CT molecular complexity index is 660. The molecule has 6 N–H and O–H groups in total. The van der Waals surface area contributed by atoms with E-state index in [2.05, 4.69) is 0 Å². The van der Waals surface area contributed by atoms with Crippen LogP contribution in [-0.2, 0) is 19.2 Å². The first-order valence-corrected chi connectivity index (χ1v) is 10.5. The average molecular weight is 439 g/mol. The topological polar surface area (TPSA) is 161 Å². The van der Waals surface area contributed by atoms with Crippen molar-refractivity contribution >= 4 is 23.4 Å². The smallest absolute Gasteiger partial charge is 0.247 e. The maximum atomic E-state index is 12.2. The minimum atomic E-state index is -0.679. The largest absolute Gasteiger partial charge is 0.515 e. The number of carbonyl (C=O) groups is 4. The van der Waals surface area contributed by atoms with Crippen LogP contribution in [0.5, 0.6) is 0 Å². The van der Waals surface area contributed by atoms with Gasteiger partial charge < -0.3 is 21.7 Å². The van der Waals surface area contributed by atoms with Gasteiger partial charge in [-0.2, -0.15) is 0 Å². The minimum Gasteiger partial charge on any atom is -0.515 e. The fourth-order valence-electron chi connectivity index (χ4n) is 3.29. The summed E-state index contributed by atoms with van der Waals surface area (Å²) in [4.78, 5) is 46.8. The summed E-state index contributed by atoms with van der Waals surface area (Å²) in [5.74, 6) is -1.26. The molecule has 0 atom stereocenters. The highest BCUT2D eigenvalue weighted by atomic mass is 16.2. The number of amides is 2. The van der Waals surface area contributed by atoms with Crippen LogP contribution in [0.1, 0.15) is 85.5 Å². The van der Waals surface area contributed by atoms with Gasteiger partial charge in [-0.3, -0.25) is 19.2 Å². The number of aliphatic hydroxyl groups is 2. The van der Waals surface area contributed by atoms with Crippen LogP contribution in [0.25, 0.3) is 0 Å². The number of hydrogen-bond acceptors (Lipinski definition) is 6. The third-order valence-corrected chi connectivity index (χ3v) is 5.36. The van der Waals surface area contributed by atoms with Crippen LogP contribution in [0.15, 0.2) is 23.7 Å². The fraction of sp³-hybridized carbons (Fsp3) is 0.652. The van der Waals surface area contributed by atoms with Gasteiger partial charge in [0.1, 0.15) is 11.6 Å². The Morgan fingerprint density at radius 3 is 1.26 bits per heavy atom. The molecule has 8 heteroatoms. The molecule has 2 amide bonds. The lowest BCUT2D eigenvalue weighted by Gasteiger charge is -2.24. The van der Waals surface area contributed by atoms with E-state index < -0.39 is 11.8 Å². The Balaban J connectivity index is 4.30. The van der Waals surface area contributed by atoms with Crippen molar-refractivity contribution < 1.29 is 29.4 Å². The molecule has 0 aliphatic carbocycles. The molecule has 0 aromatic heterocycles. The Hall–Kier alpha value is -2.64. The van der Waals surface area contributed by atoms with E-state index in [1.54, 1.807) is 0 Å². The van der Waals surface area contributed by atoms with Crippen LogP contribution in [-0.4, -0.2) is 33.6 Å². The first-order chi connectivity index (χ1) is 14.2. The standard InChI is InChI=1S/C23H38N2O6/c1-22(2,12-16(14-26)20(24)30)10-8-18(28)6-5-7-19(29)9-11-23(3,4)13-17(15-27)21(25)31/h14-15,26-27H,5-13H2,1-4H3,(H2,24,30)(H2,25,31)/b16-14-,17-15-. The summed E-state index contributed by atoms with van der Waals surface area (Å²) in [6.45, 7) is 7.59. The SMILES string of the molecule is CC(C)(CCC(=O)CCCC(=O)CCC(C)(C)C/C(=C/O)C(N)=O)C/C(=C/O)C(N)=O. The molecule has 0 rings (SSSR count). The van der Waals surface area contributed by atoms with Gasteiger partial charge in [0, 0.05) is 25.7 Å². The van der Waals surface area contributed by atoms with Crippen LogP contribution in [0, 0.1) is 10.8 Å². The van der Waals surface area contributed by atoms with Gasteiger partial charge in [-0.05, 0) is 42.9 Å². The molecular weight excluding hydrogens is 400 g/mol. The summed E-state index contributed by atoms with van der Waals surface area (Å²) in [5, 5.41) is 18.2. The summed E-state index contributed by atoms with van der Waals surface area (Å²) >= 11 is 0. The van der Waals surface area contributed by atoms with Crippen LogP contribution in [0.4, 0.5) is 0 Å². The normalized spacial score (nSPS) is 13.2. The third-order valence-electron chi connectivity index (χ3n) is 5.36. The Labute approximate surface area is 184 Å². The lowest BCUT2D eigenvalue weighted by Crippen LogP contribution is -2.22. The Kier molecular flexibility index (Phi) is 11.8. The van der Waals surface area contributed by atoms with Crippen molar-refractivity contribution in [2.24, 2.45) is 22.3 Å². The summed E-state index contributed by atoms with van der Waals surface area (Å²) in [7, 11) is 0. The number of ketones is 2. The molecule has 8 nitrogen and oxygen atoms in total. The quantitative estimate of drug-likeness (QED) is 0.213. The van der Waals surface area contributed by atoms with Gasteiger partial charge in [0.05, 0.1) is 23.7 Å². The fourth-order valence-corrected chi connectivity index (χ4v) is 3.29. The molecule has 0 aromatic rings. The highest BCUT2D eigenvalue weighted by Crippen LogP contribution is 2.32. The number of nitrogens with two attached hydrogens (primary N) is 2. The summed E-state index contributed by atoms with van der Waals surface area (Å²) in [6.07, 6.45) is 4.83. The third kappa shape index (κ3) is 12.6. The van der Waals surface area contributed by atoms with Gasteiger partial charge in [0.2, 0.25) is 11.8 Å². The highest BCUT2D eigenvalue weighted by Gasteiger charge is 2.24. The second kappa shape index (κ2) is 12.9. The summed E-state index contributed by atoms with van der Waals surface area (Å²) in [6, 6.07) is 0. The second-order valence-electron chi connectivity index (χ2n) is 9.65. The highest BCUT2D eigenvalue weighted by molar-refractivity contribution is 5.92. The summed E-state index contributed by atoms with van der Waals surface area (Å²) in [5.41, 5.74) is 9.92. The number of aliphatic hydroxyl groups excluding tert-OH is 2. The molecule has 0 heterocycles. The average Bonchev–Trinajstić information content (AvgIpc) is 2.67. The predicted molar refractivity (Wildman–Crippen MR) is 119 cm³/mol. The number of rotatable bonds is 16. The molecule has 0 radical (unpaired) electrons. The van der Waals surface area contributed by atoms with Crippen LogP contribution in [0.2, 0.25) is 0 Å². The van der Waals surface area contributed by atoms with E-state index in [0.29, 0.717) is 57.5 Å². The first kappa shape index (κ1) is 28.4. The van der Waals surface area contributed by atoms with Gasteiger partial charge >= 0.3 is 0 Å². The van der Waals surface area contributed by atoms with E-state index in [-0.39, 0.29) is 46.4 Å². The first-order valence-electron chi connectivity index (χ1n) is 10.5. The molecule has 0 saturated heterocycles. The van der Waals surface area contributed by atoms with E-state index in [0.717, 1.165) is 0 Å². The van der Waals surface area contributed by atoms with Crippen LogP contribution in [0.3, 0.4) is 0 Å². The number of hydrogen-bond donors (Lipinski definition) is 4. The van der Waals surface area contributed by atoms with Crippen molar-refractivity contribution in [1.82, 2.24) is 0 Å². The molecule has 31 heavy (non-hydrogen) atoms. The zero-order valence-electron chi connectivity index (χ0n) is 19.2. The maximum Gasteiger partial charge on any atom is 0.247 e. The van der Waals surface area contributed by atoms with Crippen molar-refractivity contribution in [1.29, 1.82) is 0 Å². The molecule has 0 aromatic carbocycles. The zero-order valence-corrected chi connectivity index (χ0v) is 19.2. The Morgan fingerprint density at radius 1 is 0.677 bits per heavy atom. The molecule has 0 spiro atoms. The van der Waals surface area contributed by atoms with E-state index >= 15 is 0 Å².